The van der Waals surface area contributed by atoms with Gasteiger partial charge in [0.05, 0.1) is 10.7 Å². The predicted molar refractivity (Wildman–Crippen MR) is 94.1 cm³/mol. The molecular formula is C17H18Cl2N2O. The van der Waals surface area contributed by atoms with Crippen LogP contribution in [-0.2, 0) is 4.79 Å². The van der Waals surface area contributed by atoms with Gasteiger partial charge in [-0.25, -0.2) is 0 Å². The summed E-state index contributed by atoms with van der Waals surface area (Å²) in [5.41, 5.74) is 4.00. The number of carbonyl (C=O) groups is 1. The van der Waals surface area contributed by atoms with Gasteiger partial charge in [-0.2, -0.15) is 0 Å². The molecule has 0 radical (unpaired) electrons. The predicted octanol–water partition coefficient (Wildman–Crippen LogP) is 5.05. The first-order valence-corrected chi connectivity index (χ1v) is 7.78. The number of hydrogen-bond donors (Lipinski definition) is 2. The molecule has 0 saturated heterocycles. The Kier molecular flexibility index (Phi) is 5.69. The minimum Gasteiger partial charge on any atom is -0.384 e. The molecule has 0 spiro atoms. The van der Waals surface area contributed by atoms with Gasteiger partial charge >= 0.3 is 0 Å². The van der Waals surface area contributed by atoms with Gasteiger partial charge in [-0.05, 0) is 49.2 Å². The zero-order valence-electron chi connectivity index (χ0n) is 12.5. The lowest BCUT2D eigenvalue weighted by molar-refractivity contribution is -0.115. The van der Waals surface area contributed by atoms with Crippen molar-refractivity contribution in [3.8, 4) is 0 Å². The topological polar surface area (TPSA) is 41.1 Å². The van der Waals surface area contributed by atoms with E-state index < -0.39 is 0 Å². The Bertz CT molecular complexity index is 686. The van der Waals surface area contributed by atoms with E-state index in [1.165, 1.54) is 11.1 Å². The van der Waals surface area contributed by atoms with Gasteiger partial charge in [0.25, 0.3) is 0 Å². The highest BCUT2D eigenvalue weighted by Crippen LogP contribution is 2.25. The van der Waals surface area contributed by atoms with Crippen molar-refractivity contribution in [3.63, 3.8) is 0 Å². The number of rotatable bonds is 5. The molecule has 0 bridgehead atoms. The molecule has 0 heterocycles. The molecule has 0 fully saturated rings. The summed E-state index contributed by atoms with van der Waals surface area (Å²) in [6.45, 7) is 4.67. The van der Waals surface area contributed by atoms with E-state index >= 15 is 0 Å². The van der Waals surface area contributed by atoms with E-state index in [1.54, 1.807) is 18.2 Å². The maximum atomic E-state index is 12.0. The second kappa shape index (κ2) is 7.52. The van der Waals surface area contributed by atoms with Crippen LogP contribution in [0.5, 0.6) is 0 Å². The number of hydrogen-bond acceptors (Lipinski definition) is 2. The van der Waals surface area contributed by atoms with Crippen molar-refractivity contribution >= 4 is 40.5 Å². The third-order valence-electron chi connectivity index (χ3n) is 3.47. The van der Waals surface area contributed by atoms with E-state index in [0.29, 0.717) is 28.7 Å². The largest absolute Gasteiger partial charge is 0.384 e. The fraction of sp³-hybridized carbons (Fsp3) is 0.235. The van der Waals surface area contributed by atoms with E-state index in [-0.39, 0.29) is 5.91 Å². The molecule has 0 aliphatic heterocycles. The number of anilines is 2. The Labute approximate surface area is 140 Å². The summed E-state index contributed by atoms with van der Waals surface area (Å²) in [7, 11) is 0. The van der Waals surface area contributed by atoms with Gasteiger partial charge in [-0.1, -0.05) is 35.3 Å². The molecule has 116 valence electrons. The number of nitrogens with one attached hydrogen (secondary N) is 2. The molecular weight excluding hydrogens is 319 g/mol. The Hall–Kier alpha value is -1.71. The van der Waals surface area contributed by atoms with Crippen molar-refractivity contribution in [1.82, 2.24) is 0 Å². The molecule has 0 unspecified atom stereocenters. The van der Waals surface area contributed by atoms with Crippen molar-refractivity contribution in [1.29, 1.82) is 0 Å². The minimum absolute atomic E-state index is 0.109. The van der Waals surface area contributed by atoms with Crippen molar-refractivity contribution in [2.24, 2.45) is 0 Å². The molecule has 5 heteroatoms. The fourth-order valence-corrected chi connectivity index (χ4v) is 2.40. The number of benzene rings is 2. The maximum absolute atomic E-state index is 12.0. The smallest absolute Gasteiger partial charge is 0.226 e. The van der Waals surface area contributed by atoms with Crippen LogP contribution in [0.2, 0.25) is 10.0 Å². The van der Waals surface area contributed by atoms with E-state index in [4.69, 9.17) is 23.2 Å². The van der Waals surface area contributed by atoms with Crippen molar-refractivity contribution in [2.75, 3.05) is 17.2 Å². The third-order valence-corrected chi connectivity index (χ3v) is 4.04. The van der Waals surface area contributed by atoms with Gasteiger partial charge < -0.3 is 10.6 Å². The van der Waals surface area contributed by atoms with Crippen LogP contribution in [0.1, 0.15) is 17.5 Å². The van der Waals surface area contributed by atoms with Crippen LogP contribution in [0.4, 0.5) is 11.4 Å². The second-order valence-corrected chi connectivity index (χ2v) is 5.94. The molecule has 0 aliphatic rings. The van der Waals surface area contributed by atoms with Crippen molar-refractivity contribution < 1.29 is 4.79 Å². The van der Waals surface area contributed by atoms with Gasteiger partial charge in [0.1, 0.15) is 0 Å². The molecule has 1 amide bonds. The summed E-state index contributed by atoms with van der Waals surface area (Å²) in [4.78, 5) is 12.0. The lowest BCUT2D eigenvalue weighted by Gasteiger charge is -2.12. The van der Waals surface area contributed by atoms with Gasteiger partial charge in [0.15, 0.2) is 0 Å². The summed E-state index contributed by atoms with van der Waals surface area (Å²) in [6.07, 6.45) is 0.343. The van der Waals surface area contributed by atoms with Gasteiger partial charge in [0, 0.05) is 23.7 Å². The first kappa shape index (κ1) is 16.7. The quantitative estimate of drug-likeness (QED) is 0.801. The van der Waals surface area contributed by atoms with E-state index in [9.17, 15) is 4.79 Å². The zero-order chi connectivity index (χ0) is 16.1. The summed E-state index contributed by atoms with van der Waals surface area (Å²) >= 11 is 11.9. The number of aryl methyl sites for hydroxylation is 1. The van der Waals surface area contributed by atoms with Gasteiger partial charge in [-0.15, -0.1) is 0 Å². The molecule has 0 aliphatic carbocycles. The summed E-state index contributed by atoms with van der Waals surface area (Å²) in [5, 5.41) is 7.05. The normalized spacial score (nSPS) is 10.4. The van der Waals surface area contributed by atoms with Crippen LogP contribution >= 0.6 is 23.2 Å². The molecule has 2 N–H and O–H groups in total. The second-order valence-electron chi connectivity index (χ2n) is 5.10. The SMILES string of the molecule is Cc1cccc(NCCC(=O)Nc2cc(Cl)ccc2Cl)c1C. The van der Waals surface area contributed by atoms with Crippen LogP contribution in [0.15, 0.2) is 36.4 Å². The Balaban J connectivity index is 1.88. The first-order valence-electron chi connectivity index (χ1n) is 7.02. The fourth-order valence-electron chi connectivity index (χ4n) is 2.06. The monoisotopic (exact) mass is 336 g/mol. The lowest BCUT2D eigenvalue weighted by atomic mass is 10.1. The minimum atomic E-state index is -0.109. The zero-order valence-corrected chi connectivity index (χ0v) is 14.1. The molecule has 3 nitrogen and oxygen atoms in total. The van der Waals surface area contributed by atoms with Gasteiger partial charge in [-0.3, -0.25) is 4.79 Å². The van der Waals surface area contributed by atoms with Crippen LogP contribution < -0.4 is 10.6 Å². The van der Waals surface area contributed by atoms with E-state index in [2.05, 4.69) is 30.5 Å². The summed E-state index contributed by atoms with van der Waals surface area (Å²) < 4.78 is 0. The molecule has 0 aromatic heterocycles. The maximum Gasteiger partial charge on any atom is 0.226 e. The van der Waals surface area contributed by atoms with Crippen LogP contribution in [0.3, 0.4) is 0 Å². The highest BCUT2D eigenvalue weighted by atomic mass is 35.5. The summed E-state index contributed by atoms with van der Waals surface area (Å²) in [6, 6.07) is 11.0. The average Bonchev–Trinajstić information content (AvgIpc) is 2.47. The molecule has 2 aromatic carbocycles. The third kappa shape index (κ3) is 4.39. The highest BCUT2D eigenvalue weighted by molar-refractivity contribution is 6.35. The van der Waals surface area contributed by atoms with Crippen molar-refractivity contribution in [2.45, 2.75) is 20.3 Å². The van der Waals surface area contributed by atoms with E-state index in [0.717, 1.165) is 5.69 Å². The highest BCUT2D eigenvalue weighted by Gasteiger charge is 2.07. The molecule has 0 saturated carbocycles. The Morgan fingerprint density at radius 3 is 2.64 bits per heavy atom. The Morgan fingerprint density at radius 2 is 1.86 bits per heavy atom. The molecule has 22 heavy (non-hydrogen) atoms. The van der Waals surface area contributed by atoms with Crippen LogP contribution in [0.25, 0.3) is 0 Å². The summed E-state index contributed by atoms with van der Waals surface area (Å²) in [5.74, 6) is -0.109. The molecule has 2 rings (SSSR count). The van der Waals surface area contributed by atoms with Crippen LogP contribution in [-0.4, -0.2) is 12.5 Å². The molecule has 2 aromatic rings. The first-order chi connectivity index (χ1) is 10.5. The lowest BCUT2D eigenvalue weighted by Crippen LogP contribution is -2.16. The Morgan fingerprint density at radius 1 is 1.09 bits per heavy atom. The van der Waals surface area contributed by atoms with Crippen molar-refractivity contribution in [3.05, 3.63) is 57.6 Å². The number of halogens is 2. The number of amides is 1. The van der Waals surface area contributed by atoms with Gasteiger partial charge in [0.2, 0.25) is 5.91 Å². The van der Waals surface area contributed by atoms with Crippen LogP contribution in [0, 0.1) is 13.8 Å². The standard InChI is InChI=1S/C17H18Cl2N2O/c1-11-4-3-5-15(12(11)2)20-9-8-17(22)21-16-10-13(18)6-7-14(16)19/h3-7,10,20H,8-9H2,1-2H3,(H,21,22). The molecule has 0 atom stereocenters. The van der Waals surface area contributed by atoms with E-state index in [1.807, 2.05) is 12.1 Å². The average molecular weight is 337 g/mol. The number of carbonyl (C=O) groups excluding carboxylic acids is 1.